The number of hydrogen-bond donors (Lipinski definition) is 5. The van der Waals surface area contributed by atoms with Gasteiger partial charge in [-0.15, -0.1) is 11.3 Å². The van der Waals surface area contributed by atoms with Crippen LogP contribution in [-0.4, -0.2) is 141 Å². The van der Waals surface area contributed by atoms with Crippen LogP contribution in [0.4, 0.5) is 11.4 Å². The average Bonchev–Trinajstić information content (AvgIpc) is 3.80. The molecule has 4 heterocycles. The van der Waals surface area contributed by atoms with E-state index in [1.54, 1.807) is 60.7 Å². The summed E-state index contributed by atoms with van der Waals surface area (Å²) in [6.07, 6.45) is 2.28. The summed E-state index contributed by atoms with van der Waals surface area (Å²) >= 11 is 7.34. The first kappa shape index (κ1) is 52.6. The first-order chi connectivity index (χ1) is 34.1. The van der Waals surface area contributed by atoms with E-state index in [0.717, 1.165) is 16.2 Å². The molecular weight excluding hydrogens is 986 g/mol. The van der Waals surface area contributed by atoms with E-state index in [2.05, 4.69) is 16.0 Å². The van der Waals surface area contributed by atoms with E-state index in [4.69, 9.17) is 35.7 Å². The summed E-state index contributed by atoms with van der Waals surface area (Å²) in [4.78, 5) is 87.0. The Morgan fingerprint density at radius 1 is 0.831 bits per heavy atom. The van der Waals surface area contributed by atoms with Crippen LogP contribution >= 0.6 is 22.9 Å². The number of aromatic carboxylic acids is 1. The molecule has 378 valence electrons. The van der Waals surface area contributed by atoms with Crippen molar-refractivity contribution in [3.63, 3.8) is 0 Å². The molecular formula is C48H52ClN5O15S2. The van der Waals surface area contributed by atoms with Crippen molar-refractivity contribution in [3.8, 4) is 16.2 Å². The Morgan fingerprint density at radius 3 is 2.24 bits per heavy atom. The molecule has 5 N–H and O–H groups in total. The number of fused-ring (bicyclic) bond motifs is 1. The number of benzene rings is 3. The summed E-state index contributed by atoms with van der Waals surface area (Å²) in [5, 5.41) is 27.1. The van der Waals surface area contributed by atoms with E-state index in [9.17, 15) is 47.1 Å². The van der Waals surface area contributed by atoms with Crippen molar-refractivity contribution >= 4 is 85.8 Å². The number of nitrogens with zero attached hydrogens (tertiary/aromatic N) is 2. The summed E-state index contributed by atoms with van der Waals surface area (Å²) in [7, 11) is -3.69. The third-order valence-corrected chi connectivity index (χ3v) is 15.3. The first-order valence-corrected chi connectivity index (χ1v) is 25.6. The second-order valence-corrected chi connectivity index (χ2v) is 20.1. The van der Waals surface area contributed by atoms with E-state index in [1.165, 1.54) is 4.31 Å². The molecule has 20 nitrogen and oxygen atoms in total. The van der Waals surface area contributed by atoms with Gasteiger partial charge in [-0.25, -0.2) is 22.3 Å². The average molecular weight is 1040 g/mol. The smallest absolute Gasteiger partial charge is 0.349 e. The predicted octanol–water partition coefficient (Wildman–Crippen LogP) is 5.05. The van der Waals surface area contributed by atoms with Crippen LogP contribution in [0.25, 0.3) is 10.4 Å². The molecule has 5 amide bonds. The molecule has 7 rings (SSSR count). The maximum Gasteiger partial charge on any atom is 0.349 e. The lowest BCUT2D eigenvalue weighted by Crippen LogP contribution is -2.54. The van der Waals surface area contributed by atoms with Crippen molar-refractivity contribution < 1.29 is 71.1 Å². The molecule has 0 aliphatic carbocycles. The number of carboxylic acids is 2. The molecule has 4 aromatic rings. The number of aliphatic carboxylic acids is 1. The molecule has 1 unspecified atom stereocenters. The highest BCUT2D eigenvalue weighted by Gasteiger charge is 2.45. The van der Waals surface area contributed by atoms with Crippen molar-refractivity contribution in [2.24, 2.45) is 0 Å². The zero-order valence-corrected chi connectivity index (χ0v) is 40.7. The number of sulfonamides is 1. The summed E-state index contributed by atoms with van der Waals surface area (Å²) < 4.78 is 50.4. The van der Waals surface area contributed by atoms with Crippen LogP contribution in [0.15, 0.2) is 66.7 Å². The number of imide groups is 2. The van der Waals surface area contributed by atoms with Crippen LogP contribution in [0.2, 0.25) is 5.02 Å². The van der Waals surface area contributed by atoms with Gasteiger partial charge in [0.05, 0.1) is 61.2 Å². The third kappa shape index (κ3) is 13.6. The molecule has 0 spiro atoms. The second-order valence-electron chi connectivity index (χ2n) is 16.8. The lowest BCUT2D eigenvalue weighted by Gasteiger charge is -2.32. The van der Waals surface area contributed by atoms with Crippen molar-refractivity contribution in [3.05, 3.63) is 98.9 Å². The van der Waals surface area contributed by atoms with Gasteiger partial charge in [-0.2, -0.15) is 0 Å². The van der Waals surface area contributed by atoms with Gasteiger partial charge < -0.3 is 39.8 Å². The van der Waals surface area contributed by atoms with Gasteiger partial charge in [0.1, 0.15) is 11.1 Å². The van der Waals surface area contributed by atoms with Gasteiger partial charge in [-0.3, -0.25) is 34.2 Å². The fraction of sp³-hybridized carbons (Fsp3) is 0.396. The summed E-state index contributed by atoms with van der Waals surface area (Å²) in [5.74, 6) is -5.52. The lowest BCUT2D eigenvalue weighted by atomic mass is 9.99. The number of anilines is 2. The molecule has 71 heavy (non-hydrogen) atoms. The third-order valence-electron chi connectivity index (χ3n) is 11.8. The Balaban J connectivity index is 0.751. The fourth-order valence-electron chi connectivity index (χ4n) is 8.38. The monoisotopic (exact) mass is 1040 g/mol. The zero-order chi connectivity index (χ0) is 50.7. The molecule has 2 saturated heterocycles. The Hall–Kier alpha value is -6.27. The highest BCUT2D eigenvalue weighted by Crippen LogP contribution is 2.46. The molecule has 1 aromatic heterocycles. The van der Waals surface area contributed by atoms with Crippen LogP contribution in [0.1, 0.15) is 80.0 Å². The minimum absolute atomic E-state index is 0.00523. The van der Waals surface area contributed by atoms with E-state index < -0.39 is 58.2 Å². The number of thiophene rings is 1. The Kier molecular flexibility index (Phi) is 17.9. The quantitative estimate of drug-likeness (QED) is 0.0429. The number of halogens is 1. The fourth-order valence-corrected chi connectivity index (χ4v) is 11.3. The molecule has 3 aliphatic heterocycles. The largest absolute Gasteiger partial charge is 0.479 e. The number of rotatable bonds is 25. The van der Waals surface area contributed by atoms with Gasteiger partial charge in [-0.05, 0) is 79.1 Å². The van der Waals surface area contributed by atoms with Crippen molar-refractivity contribution in [2.75, 3.05) is 70.0 Å². The number of carbonyl (C=O) groups is 7. The molecule has 3 aromatic carbocycles. The van der Waals surface area contributed by atoms with Crippen LogP contribution in [0.5, 0.6) is 5.75 Å². The molecule has 0 radical (unpaired) electrons. The number of piperidine rings is 2. The Bertz CT molecular complexity index is 2780. The van der Waals surface area contributed by atoms with E-state index in [1.807, 2.05) is 6.07 Å². The predicted molar refractivity (Wildman–Crippen MR) is 259 cm³/mol. The van der Waals surface area contributed by atoms with Crippen molar-refractivity contribution in [1.82, 2.24) is 14.5 Å². The van der Waals surface area contributed by atoms with Gasteiger partial charge in [0.25, 0.3) is 11.8 Å². The first-order valence-electron chi connectivity index (χ1n) is 22.8. The van der Waals surface area contributed by atoms with Crippen molar-refractivity contribution in [1.29, 1.82) is 0 Å². The summed E-state index contributed by atoms with van der Waals surface area (Å²) in [5.41, 5.74) is 3.47. The highest BCUT2D eigenvalue weighted by molar-refractivity contribution is 7.88. The highest BCUT2D eigenvalue weighted by atomic mass is 35.5. The molecule has 3 aliphatic rings. The second kappa shape index (κ2) is 24.2. The number of hydrogen-bond acceptors (Lipinski definition) is 15. The SMILES string of the molecule is O=C(O)COc1c(C(=O)O)sc(-c2cccc(NC3CCN(S(=O)(=O)Cc4cccc(NC(=O)CCOCCOCCOCCCc5cccc6c5C(=O)N(C5CCC(=O)NC5=O)C6=O)c4)CC3)c2)c1Cl. The number of amides is 5. The summed E-state index contributed by atoms with van der Waals surface area (Å²) in [6.45, 7) is 1.48. The molecule has 0 saturated carbocycles. The number of ether oxygens (including phenoxy) is 4. The summed E-state index contributed by atoms with van der Waals surface area (Å²) in [6, 6.07) is 17.7. The van der Waals surface area contributed by atoms with E-state index >= 15 is 0 Å². The lowest BCUT2D eigenvalue weighted by molar-refractivity contribution is -0.139. The number of carbonyl (C=O) groups excluding carboxylic acids is 5. The van der Waals surface area contributed by atoms with Crippen LogP contribution in [0, 0.1) is 0 Å². The topological polar surface area (TPSA) is 274 Å². The van der Waals surface area contributed by atoms with Gasteiger partial charge in [0, 0.05) is 43.5 Å². The van der Waals surface area contributed by atoms with Crippen LogP contribution < -0.4 is 20.7 Å². The van der Waals surface area contributed by atoms with Crippen LogP contribution in [0.3, 0.4) is 0 Å². The Labute approximate surface area is 417 Å². The molecule has 0 bridgehead atoms. The molecule has 23 heteroatoms. The zero-order valence-electron chi connectivity index (χ0n) is 38.3. The molecule has 1 atom stereocenters. The number of aryl methyl sites for hydroxylation is 1. The van der Waals surface area contributed by atoms with Gasteiger partial charge in [0.15, 0.2) is 17.2 Å². The Morgan fingerprint density at radius 2 is 1.52 bits per heavy atom. The maximum atomic E-state index is 13.5. The van der Waals surface area contributed by atoms with Gasteiger partial charge >= 0.3 is 11.9 Å². The maximum absolute atomic E-state index is 13.5. The standard InChI is InChI=1S/C48H52ClN5O15S2/c49-41-42(69-27-39(57)58)44(48(62)63)70-43(41)31-7-2-10-34(26-31)50-32-14-17-53(18-15-32)71(64,65)28-29-5-1-9-33(25-29)51-38(56)16-20-67-22-24-68-23-21-66-19-4-8-30-6-3-11-35-40(30)47(61)54(46(35)60)36-12-13-37(55)52-45(36)59/h1-3,5-7,9-11,25-26,32,36,50H,4,8,12-24,27-28H2,(H,51,56)(H,57,58)(H,62,63)(H,52,55,59). The normalized spacial score (nSPS) is 16.5. The van der Waals surface area contributed by atoms with Gasteiger partial charge in [-0.1, -0.05) is 48.0 Å². The number of nitrogens with one attached hydrogen (secondary N) is 3. The minimum Gasteiger partial charge on any atom is -0.479 e. The van der Waals surface area contributed by atoms with E-state index in [0.29, 0.717) is 78.4 Å². The van der Waals surface area contributed by atoms with E-state index in [-0.39, 0.29) is 96.7 Å². The van der Waals surface area contributed by atoms with Crippen molar-refractivity contribution in [2.45, 2.75) is 62.8 Å². The molecule has 2 fully saturated rings. The van der Waals surface area contributed by atoms with Crippen LogP contribution in [-0.2, 0) is 55.6 Å². The van der Waals surface area contributed by atoms with Gasteiger partial charge in [0.2, 0.25) is 27.7 Å². The minimum atomic E-state index is -3.69. The number of carboxylic acid groups (broad SMARTS) is 2.